The highest BCUT2D eigenvalue weighted by atomic mass is 16.5. The molecular formula is C16H19N3O2. The van der Waals surface area contributed by atoms with E-state index >= 15 is 0 Å². The minimum atomic E-state index is -0.0772. The molecule has 21 heavy (non-hydrogen) atoms. The van der Waals surface area contributed by atoms with E-state index in [9.17, 15) is 4.79 Å². The number of hydrogen-bond donors (Lipinski definition) is 1. The number of aromatic nitrogens is 1. The average Bonchev–Trinajstić information content (AvgIpc) is 2.96. The Hall–Kier alpha value is -2.14. The molecule has 2 aromatic rings. The summed E-state index contributed by atoms with van der Waals surface area (Å²) in [6.45, 7) is 1.37. The van der Waals surface area contributed by atoms with E-state index in [1.807, 2.05) is 35.2 Å². The number of pyridine rings is 1. The summed E-state index contributed by atoms with van der Waals surface area (Å²) in [6.07, 6.45) is 3.72. The van der Waals surface area contributed by atoms with Crippen LogP contribution >= 0.6 is 0 Å². The van der Waals surface area contributed by atoms with E-state index in [4.69, 9.17) is 4.74 Å². The molecule has 0 spiro atoms. The van der Waals surface area contributed by atoms with Crippen molar-refractivity contribution in [3.8, 4) is 0 Å². The van der Waals surface area contributed by atoms with Crippen molar-refractivity contribution in [1.82, 2.24) is 9.88 Å². The van der Waals surface area contributed by atoms with Crippen molar-refractivity contribution >= 4 is 22.6 Å². The highest BCUT2D eigenvalue weighted by molar-refractivity contribution is 5.92. The van der Waals surface area contributed by atoms with Gasteiger partial charge in [-0.25, -0.2) is 4.79 Å². The Morgan fingerprint density at radius 3 is 3.19 bits per heavy atom. The van der Waals surface area contributed by atoms with E-state index in [0.717, 1.165) is 36.0 Å². The Morgan fingerprint density at radius 1 is 1.48 bits per heavy atom. The molecule has 0 radical (unpaired) electrons. The van der Waals surface area contributed by atoms with Crippen LogP contribution in [0, 0.1) is 0 Å². The zero-order valence-electron chi connectivity index (χ0n) is 12.1. The van der Waals surface area contributed by atoms with Crippen molar-refractivity contribution in [3.05, 3.63) is 36.5 Å². The second-order valence-corrected chi connectivity index (χ2v) is 5.29. The molecule has 3 rings (SSSR count). The van der Waals surface area contributed by atoms with E-state index in [2.05, 4.69) is 10.3 Å². The van der Waals surface area contributed by atoms with E-state index in [1.54, 1.807) is 13.3 Å². The molecule has 5 nitrogen and oxygen atoms in total. The van der Waals surface area contributed by atoms with Crippen LogP contribution in [-0.4, -0.2) is 42.2 Å². The summed E-state index contributed by atoms with van der Waals surface area (Å²) in [5.41, 5.74) is 1.65. The molecule has 1 atom stereocenters. The topological polar surface area (TPSA) is 54.5 Å². The Morgan fingerprint density at radius 2 is 2.33 bits per heavy atom. The van der Waals surface area contributed by atoms with Crippen LogP contribution in [0.15, 0.2) is 36.5 Å². The molecule has 2 heterocycles. The molecule has 1 aliphatic rings. The number of ether oxygens (including phenoxy) is 1. The Labute approximate surface area is 123 Å². The van der Waals surface area contributed by atoms with Crippen molar-refractivity contribution in [3.63, 3.8) is 0 Å². The standard InChI is InChI=1S/C16H19N3O2/c1-21-11-14-6-4-8-19(14)16(20)18-13-9-12-5-2-3-7-15(12)17-10-13/h2-3,5,7,9-10,14H,4,6,8,11H2,1H3,(H,18,20). The van der Waals surface area contributed by atoms with Crippen molar-refractivity contribution in [2.75, 3.05) is 25.6 Å². The zero-order chi connectivity index (χ0) is 14.7. The molecule has 1 N–H and O–H groups in total. The first kappa shape index (κ1) is 13.8. The summed E-state index contributed by atoms with van der Waals surface area (Å²) >= 11 is 0. The third-order valence-electron chi connectivity index (χ3n) is 3.84. The van der Waals surface area contributed by atoms with Gasteiger partial charge in [0.25, 0.3) is 0 Å². The number of urea groups is 1. The summed E-state index contributed by atoms with van der Waals surface area (Å²) in [5.74, 6) is 0. The van der Waals surface area contributed by atoms with Crippen LogP contribution in [0.25, 0.3) is 10.9 Å². The van der Waals surface area contributed by atoms with Crippen LogP contribution < -0.4 is 5.32 Å². The lowest BCUT2D eigenvalue weighted by molar-refractivity contribution is 0.128. The lowest BCUT2D eigenvalue weighted by Gasteiger charge is -2.24. The minimum Gasteiger partial charge on any atom is -0.383 e. The second kappa shape index (κ2) is 6.10. The van der Waals surface area contributed by atoms with Crippen molar-refractivity contribution in [1.29, 1.82) is 0 Å². The van der Waals surface area contributed by atoms with Crippen LogP contribution in [0.3, 0.4) is 0 Å². The van der Waals surface area contributed by atoms with Gasteiger partial charge in [0.1, 0.15) is 0 Å². The molecule has 1 aromatic carbocycles. The van der Waals surface area contributed by atoms with Gasteiger partial charge in [0.15, 0.2) is 0 Å². The largest absolute Gasteiger partial charge is 0.383 e. The molecule has 110 valence electrons. The number of carbonyl (C=O) groups is 1. The van der Waals surface area contributed by atoms with E-state index < -0.39 is 0 Å². The lowest BCUT2D eigenvalue weighted by atomic mass is 10.2. The number of amides is 2. The van der Waals surface area contributed by atoms with Gasteiger partial charge in [-0.05, 0) is 25.0 Å². The van der Waals surface area contributed by atoms with Gasteiger partial charge in [0, 0.05) is 19.0 Å². The van der Waals surface area contributed by atoms with Crippen LogP contribution in [0.4, 0.5) is 10.5 Å². The summed E-state index contributed by atoms with van der Waals surface area (Å²) in [6, 6.07) is 9.90. The number of nitrogens with one attached hydrogen (secondary N) is 1. The predicted octanol–water partition coefficient (Wildman–Crippen LogP) is 2.88. The highest BCUT2D eigenvalue weighted by Crippen LogP contribution is 2.20. The number of hydrogen-bond acceptors (Lipinski definition) is 3. The van der Waals surface area contributed by atoms with Gasteiger partial charge < -0.3 is 15.0 Å². The number of fused-ring (bicyclic) bond motifs is 1. The minimum absolute atomic E-state index is 0.0772. The van der Waals surface area contributed by atoms with Crippen LogP contribution in [0.1, 0.15) is 12.8 Å². The number of benzene rings is 1. The van der Waals surface area contributed by atoms with Crippen LogP contribution in [0.2, 0.25) is 0 Å². The fourth-order valence-corrected chi connectivity index (χ4v) is 2.80. The monoisotopic (exact) mass is 285 g/mol. The molecule has 0 bridgehead atoms. The Kier molecular flexibility index (Phi) is 4.01. The van der Waals surface area contributed by atoms with Crippen LogP contribution in [-0.2, 0) is 4.74 Å². The maximum atomic E-state index is 12.4. The number of anilines is 1. The highest BCUT2D eigenvalue weighted by Gasteiger charge is 2.28. The molecule has 0 aliphatic carbocycles. The van der Waals surface area contributed by atoms with Gasteiger partial charge in [-0.1, -0.05) is 18.2 Å². The van der Waals surface area contributed by atoms with E-state index in [0.29, 0.717) is 6.61 Å². The quantitative estimate of drug-likeness (QED) is 0.943. The van der Waals surface area contributed by atoms with Gasteiger partial charge >= 0.3 is 6.03 Å². The molecule has 2 amide bonds. The van der Waals surface area contributed by atoms with Gasteiger partial charge in [-0.3, -0.25) is 4.98 Å². The molecule has 1 unspecified atom stereocenters. The normalized spacial score (nSPS) is 18.1. The first-order chi connectivity index (χ1) is 10.3. The third-order valence-corrected chi connectivity index (χ3v) is 3.84. The van der Waals surface area contributed by atoms with Crippen molar-refractivity contribution in [2.24, 2.45) is 0 Å². The number of methoxy groups -OCH3 is 1. The number of carbonyl (C=O) groups excluding carboxylic acids is 1. The number of rotatable bonds is 3. The van der Waals surface area contributed by atoms with Crippen LogP contribution in [0.5, 0.6) is 0 Å². The summed E-state index contributed by atoms with van der Waals surface area (Å²) in [7, 11) is 1.67. The number of likely N-dealkylation sites (tertiary alicyclic amines) is 1. The number of nitrogens with zero attached hydrogens (tertiary/aromatic N) is 2. The van der Waals surface area contributed by atoms with Crippen molar-refractivity contribution < 1.29 is 9.53 Å². The van der Waals surface area contributed by atoms with E-state index in [-0.39, 0.29) is 12.1 Å². The lowest BCUT2D eigenvalue weighted by Crippen LogP contribution is -2.40. The molecule has 1 aliphatic heterocycles. The summed E-state index contributed by atoms with van der Waals surface area (Å²) in [5, 5.41) is 3.95. The fourth-order valence-electron chi connectivity index (χ4n) is 2.80. The average molecular weight is 285 g/mol. The first-order valence-electron chi connectivity index (χ1n) is 7.19. The third kappa shape index (κ3) is 2.97. The molecule has 5 heteroatoms. The van der Waals surface area contributed by atoms with Gasteiger partial charge in [0.2, 0.25) is 0 Å². The SMILES string of the molecule is COCC1CCCN1C(=O)Nc1cnc2ccccc2c1. The maximum Gasteiger partial charge on any atom is 0.322 e. The smallest absolute Gasteiger partial charge is 0.322 e. The molecule has 1 saturated heterocycles. The fraction of sp³-hybridized carbons (Fsp3) is 0.375. The van der Waals surface area contributed by atoms with Gasteiger partial charge in [-0.15, -0.1) is 0 Å². The Bertz CT molecular complexity index is 644. The van der Waals surface area contributed by atoms with Gasteiger partial charge in [0.05, 0.1) is 30.0 Å². The molecule has 0 saturated carbocycles. The second-order valence-electron chi connectivity index (χ2n) is 5.29. The Balaban J connectivity index is 1.73. The summed E-state index contributed by atoms with van der Waals surface area (Å²) in [4.78, 5) is 18.6. The summed E-state index contributed by atoms with van der Waals surface area (Å²) < 4.78 is 5.18. The maximum absolute atomic E-state index is 12.4. The first-order valence-corrected chi connectivity index (χ1v) is 7.19. The predicted molar refractivity (Wildman–Crippen MR) is 82.4 cm³/mol. The van der Waals surface area contributed by atoms with Gasteiger partial charge in [-0.2, -0.15) is 0 Å². The van der Waals surface area contributed by atoms with E-state index in [1.165, 1.54) is 0 Å². The molecule has 1 aromatic heterocycles. The van der Waals surface area contributed by atoms with Crippen molar-refractivity contribution in [2.45, 2.75) is 18.9 Å². The zero-order valence-corrected chi connectivity index (χ0v) is 12.1. The molecule has 1 fully saturated rings. The number of para-hydroxylation sites is 1. The molecular weight excluding hydrogens is 266 g/mol.